The van der Waals surface area contributed by atoms with Crippen molar-refractivity contribution in [2.75, 3.05) is 26.8 Å². The van der Waals surface area contributed by atoms with E-state index in [9.17, 15) is 14.7 Å². The molecule has 4 aromatic rings. The molecule has 1 saturated heterocycles. The number of nitrogens with zero attached hydrogens (tertiary/aromatic N) is 4. The number of carbonyl (C=O) groups is 2. The van der Waals surface area contributed by atoms with Gasteiger partial charge in [0.1, 0.15) is 5.82 Å². The highest BCUT2D eigenvalue weighted by molar-refractivity contribution is 5.83. The molecule has 2 heterocycles. The lowest BCUT2D eigenvalue weighted by molar-refractivity contribution is -0.134. The molecule has 5 rings (SSSR count). The topological polar surface area (TPSA) is 87.9 Å². The number of benzene rings is 3. The largest absolute Gasteiger partial charge is 0.465 e. The first-order valence-electron chi connectivity index (χ1n) is 15.4. The summed E-state index contributed by atoms with van der Waals surface area (Å²) in [5.74, 6) is 1.13. The van der Waals surface area contributed by atoms with Gasteiger partial charge >= 0.3 is 6.09 Å². The lowest BCUT2D eigenvalue weighted by atomic mass is 9.93. The average Bonchev–Trinajstić information content (AvgIpc) is 3.35. The summed E-state index contributed by atoms with van der Waals surface area (Å²) < 4.78 is 7.61. The SMILES string of the molecule is COCCCn1c([C@@H]2CCCN(C(=O)C[C@@H](Cc3ccc4ccccc4c3)N(C(=O)O)C(C)(C)C)C2)nc2ccccc21. The van der Waals surface area contributed by atoms with Crippen molar-refractivity contribution >= 4 is 33.8 Å². The van der Waals surface area contributed by atoms with Crippen LogP contribution < -0.4 is 0 Å². The van der Waals surface area contributed by atoms with Crippen molar-refractivity contribution in [3.63, 3.8) is 0 Å². The molecule has 0 spiro atoms. The lowest BCUT2D eigenvalue weighted by Crippen LogP contribution is -2.54. The normalized spacial score (nSPS) is 16.5. The summed E-state index contributed by atoms with van der Waals surface area (Å²) in [5, 5.41) is 12.6. The highest BCUT2D eigenvalue weighted by atomic mass is 16.5. The van der Waals surface area contributed by atoms with E-state index < -0.39 is 17.7 Å². The summed E-state index contributed by atoms with van der Waals surface area (Å²) in [6, 6.07) is 22.1. The molecule has 1 aliphatic heterocycles. The number of fused-ring (bicyclic) bond motifs is 2. The highest BCUT2D eigenvalue weighted by Gasteiger charge is 2.36. The van der Waals surface area contributed by atoms with Crippen LogP contribution in [0.1, 0.15) is 63.8 Å². The van der Waals surface area contributed by atoms with Crippen LogP contribution in [-0.4, -0.2) is 74.8 Å². The Bertz CT molecular complexity index is 1570. The maximum Gasteiger partial charge on any atom is 0.408 e. The lowest BCUT2D eigenvalue weighted by Gasteiger charge is -2.41. The van der Waals surface area contributed by atoms with Crippen LogP contribution in [0.3, 0.4) is 0 Å². The van der Waals surface area contributed by atoms with Crippen LogP contribution in [0.2, 0.25) is 0 Å². The van der Waals surface area contributed by atoms with Crippen LogP contribution in [0.15, 0.2) is 66.7 Å². The van der Waals surface area contributed by atoms with E-state index in [1.165, 1.54) is 4.90 Å². The molecule has 3 aromatic carbocycles. The summed E-state index contributed by atoms with van der Waals surface area (Å²) in [7, 11) is 1.72. The van der Waals surface area contributed by atoms with E-state index in [-0.39, 0.29) is 18.2 Å². The van der Waals surface area contributed by atoms with Crippen LogP contribution >= 0.6 is 0 Å². The van der Waals surface area contributed by atoms with Crippen molar-refractivity contribution in [3.8, 4) is 0 Å². The molecule has 0 saturated carbocycles. The number of hydrogen-bond acceptors (Lipinski definition) is 4. The fraction of sp³-hybridized carbons (Fsp3) is 0.457. The minimum atomic E-state index is -1.01. The molecule has 228 valence electrons. The highest BCUT2D eigenvalue weighted by Crippen LogP contribution is 2.31. The minimum Gasteiger partial charge on any atom is -0.465 e. The minimum absolute atomic E-state index is 0.00645. The summed E-state index contributed by atoms with van der Waals surface area (Å²) >= 11 is 0. The Morgan fingerprint density at radius 3 is 2.56 bits per heavy atom. The molecular formula is C35H44N4O4. The molecule has 8 nitrogen and oxygen atoms in total. The van der Waals surface area contributed by atoms with Gasteiger partial charge in [-0.05, 0) is 74.9 Å². The number of carboxylic acid groups (broad SMARTS) is 1. The van der Waals surface area contributed by atoms with Gasteiger partial charge in [-0.3, -0.25) is 9.69 Å². The standard InChI is InChI=1S/C35H44N4O4/c1-35(2,3)39(34(41)42)29(22-25-16-17-26-11-5-6-12-27(26)21-25)23-32(40)37-18-9-13-28(24-37)33-36-30-14-7-8-15-31(30)38(33)19-10-20-43-4/h5-8,11-12,14-17,21,28-29H,9-10,13,18-20,22-24H2,1-4H3,(H,41,42)/t28-,29-/m1/s1. The number of hydrogen-bond donors (Lipinski definition) is 1. The zero-order valence-corrected chi connectivity index (χ0v) is 25.8. The number of likely N-dealkylation sites (tertiary alicyclic amines) is 1. The van der Waals surface area contributed by atoms with Gasteiger partial charge in [-0.1, -0.05) is 54.6 Å². The van der Waals surface area contributed by atoms with Gasteiger partial charge in [-0.2, -0.15) is 0 Å². The average molecular weight is 585 g/mol. The molecule has 1 N–H and O–H groups in total. The molecule has 1 aromatic heterocycles. The van der Waals surface area contributed by atoms with Crippen LogP contribution in [-0.2, 0) is 22.5 Å². The molecule has 2 atom stereocenters. The van der Waals surface area contributed by atoms with Crippen molar-refractivity contribution in [2.45, 2.75) is 76.9 Å². The Kier molecular flexibility index (Phi) is 9.35. The first-order valence-corrected chi connectivity index (χ1v) is 15.4. The van der Waals surface area contributed by atoms with Gasteiger partial charge < -0.3 is 19.3 Å². The second kappa shape index (κ2) is 13.2. The molecule has 0 unspecified atom stereocenters. The number of para-hydroxylation sites is 2. The second-order valence-corrected chi connectivity index (χ2v) is 12.7. The number of imidazole rings is 1. The van der Waals surface area contributed by atoms with E-state index in [1.807, 2.05) is 62.1 Å². The number of aryl methyl sites for hydroxylation is 1. The molecule has 0 aliphatic carbocycles. The first-order chi connectivity index (χ1) is 20.7. The quantitative estimate of drug-likeness (QED) is 0.209. The summed E-state index contributed by atoms with van der Waals surface area (Å²) in [4.78, 5) is 35.0. The number of carbonyl (C=O) groups excluding carboxylic acids is 1. The molecule has 0 radical (unpaired) electrons. The third kappa shape index (κ3) is 7.02. The molecule has 1 fully saturated rings. The Hall–Kier alpha value is -3.91. The fourth-order valence-electron chi connectivity index (χ4n) is 6.64. The summed E-state index contributed by atoms with van der Waals surface area (Å²) in [6.07, 6.45) is 2.32. The monoisotopic (exact) mass is 584 g/mol. The van der Waals surface area contributed by atoms with Gasteiger partial charge in [0.25, 0.3) is 0 Å². The van der Waals surface area contributed by atoms with E-state index in [1.54, 1.807) is 7.11 Å². The molecule has 0 bridgehead atoms. The molecule has 8 heteroatoms. The van der Waals surface area contributed by atoms with Gasteiger partial charge in [0.15, 0.2) is 0 Å². The third-order valence-electron chi connectivity index (χ3n) is 8.54. The number of amides is 2. The van der Waals surface area contributed by atoms with Crippen LogP contribution in [0, 0.1) is 0 Å². The van der Waals surface area contributed by atoms with Gasteiger partial charge in [-0.15, -0.1) is 0 Å². The Balaban J connectivity index is 1.38. The van der Waals surface area contributed by atoms with Gasteiger partial charge in [0.05, 0.1) is 11.0 Å². The fourth-order valence-corrected chi connectivity index (χ4v) is 6.64. The zero-order chi connectivity index (χ0) is 30.6. The molecular weight excluding hydrogens is 540 g/mol. The zero-order valence-electron chi connectivity index (χ0n) is 25.8. The third-order valence-corrected chi connectivity index (χ3v) is 8.54. The summed E-state index contributed by atoms with van der Waals surface area (Å²) in [5.41, 5.74) is 2.43. The second-order valence-electron chi connectivity index (χ2n) is 12.7. The number of aromatic nitrogens is 2. The van der Waals surface area contributed by atoms with Crippen LogP contribution in [0.5, 0.6) is 0 Å². The van der Waals surface area contributed by atoms with Gasteiger partial charge in [-0.25, -0.2) is 9.78 Å². The predicted octanol–water partition coefficient (Wildman–Crippen LogP) is 6.71. The Morgan fingerprint density at radius 1 is 1.07 bits per heavy atom. The number of rotatable bonds is 10. The molecule has 43 heavy (non-hydrogen) atoms. The first kappa shape index (κ1) is 30.5. The van der Waals surface area contributed by atoms with Gasteiger partial charge in [0.2, 0.25) is 5.91 Å². The van der Waals surface area contributed by atoms with E-state index >= 15 is 0 Å². The van der Waals surface area contributed by atoms with Crippen molar-refractivity contribution in [1.82, 2.24) is 19.4 Å². The van der Waals surface area contributed by atoms with Crippen molar-refractivity contribution < 1.29 is 19.4 Å². The van der Waals surface area contributed by atoms with Crippen LogP contribution in [0.25, 0.3) is 21.8 Å². The van der Waals surface area contributed by atoms with Gasteiger partial charge in [0, 0.05) is 57.3 Å². The Morgan fingerprint density at radius 2 is 1.81 bits per heavy atom. The number of methoxy groups -OCH3 is 1. The van der Waals surface area contributed by atoms with Crippen molar-refractivity contribution in [2.24, 2.45) is 0 Å². The van der Waals surface area contributed by atoms with Crippen LogP contribution in [0.4, 0.5) is 4.79 Å². The van der Waals surface area contributed by atoms with Crippen molar-refractivity contribution in [1.29, 1.82) is 0 Å². The van der Waals surface area contributed by atoms with E-state index in [0.717, 1.165) is 59.0 Å². The van der Waals surface area contributed by atoms with E-state index in [2.05, 4.69) is 34.9 Å². The Labute approximate surface area is 254 Å². The number of piperidine rings is 1. The van der Waals surface area contributed by atoms with Crippen molar-refractivity contribution in [3.05, 3.63) is 78.1 Å². The maximum atomic E-state index is 14.0. The smallest absolute Gasteiger partial charge is 0.408 e. The van der Waals surface area contributed by atoms with E-state index in [0.29, 0.717) is 26.1 Å². The molecule has 1 aliphatic rings. The number of ether oxygens (including phenoxy) is 1. The maximum absolute atomic E-state index is 14.0. The van der Waals surface area contributed by atoms with E-state index in [4.69, 9.17) is 9.72 Å². The predicted molar refractivity (Wildman–Crippen MR) is 170 cm³/mol. The summed E-state index contributed by atoms with van der Waals surface area (Å²) in [6.45, 7) is 8.41. The molecule has 2 amide bonds.